The summed E-state index contributed by atoms with van der Waals surface area (Å²) in [7, 11) is 3.67. The molecule has 1 N–H and O–H groups in total. The molecule has 0 aromatic carbocycles. The molecular weight excluding hydrogens is 218 g/mol. The summed E-state index contributed by atoms with van der Waals surface area (Å²) in [5.74, 6) is 0. The SMILES string of the molecule is CNC(COCCOCCCOC)C(C)(C)C. The van der Waals surface area contributed by atoms with Crippen LogP contribution in [-0.4, -0.2) is 53.2 Å². The molecule has 0 spiro atoms. The maximum atomic E-state index is 5.60. The van der Waals surface area contributed by atoms with Crippen LogP contribution in [0.3, 0.4) is 0 Å². The summed E-state index contributed by atoms with van der Waals surface area (Å²) < 4.78 is 15.9. The minimum Gasteiger partial charge on any atom is -0.385 e. The van der Waals surface area contributed by atoms with Gasteiger partial charge in [-0.1, -0.05) is 20.8 Å². The average molecular weight is 247 g/mol. The van der Waals surface area contributed by atoms with Crippen molar-refractivity contribution in [3.05, 3.63) is 0 Å². The van der Waals surface area contributed by atoms with Gasteiger partial charge in [0.15, 0.2) is 0 Å². The number of ether oxygens (including phenoxy) is 3. The summed E-state index contributed by atoms with van der Waals surface area (Å²) in [6, 6.07) is 0.371. The van der Waals surface area contributed by atoms with Gasteiger partial charge in [-0.3, -0.25) is 0 Å². The Morgan fingerprint density at radius 2 is 1.65 bits per heavy atom. The Morgan fingerprint density at radius 3 is 2.18 bits per heavy atom. The monoisotopic (exact) mass is 247 g/mol. The summed E-state index contributed by atoms with van der Waals surface area (Å²) in [5, 5.41) is 3.28. The Labute approximate surface area is 106 Å². The fourth-order valence-corrected chi connectivity index (χ4v) is 1.49. The van der Waals surface area contributed by atoms with Gasteiger partial charge in [0, 0.05) is 26.4 Å². The van der Waals surface area contributed by atoms with Crippen molar-refractivity contribution in [3.8, 4) is 0 Å². The van der Waals surface area contributed by atoms with Gasteiger partial charge < -0.3 is 19.5 Å². The molecule has 17 heavy (non-hydrogen) atoms. The molecule has 0 aliphatic carbocycles. The van der Waals surface area contributed by atoms with Crippen LogP contribution in [0.5, 0.6) is 0 Å². The zero-order chi connectivity index (χ0) is 13.1. The highest BCUT2D eigenvalue weighted by atomic mass is 16.5. The summed E-state index contributed by atoms with van der Waals surface area (Å²) in [4.78, 5) is 0. The number of rotatable bonds is 10. The minimum absolute atomic E-state index is 0.216. The lowest BCUT2D eigenvalue weighted by atomic mass is 9.87. The van der Waals surface area contributed by atoms with Crippen LogP contribution < -0.4 is 5.32 Å². The van der Waals surface area contributed by atoms with Gasteiger partial charge >= 0.3 is 0 Å². The van der Waals surface area contributed by atoms with E-state index in [4.69, 9.17) is 14.2 Å². The molecule has 0 aromatic heterocycles. The van der Waals surface area contributed by atoms with Gasteiger partial charge in [-0.2, -0.15) is 0 Å². The van der Waals surface area contributed by atoms with E-state index in [1.807, 2.05) is 7.05 Å². The number of hydrogen-bond donors (Lipinski definition) is 1. The second-order valence-electron chi connectivity index (χ2n) is 5.24. The first kappa shape index (κ1) is 16.8. The van der Waals surface area contributed by atoms with Gasteiger partial charge in [-0.05, 0) is 18.9 Å². The first-order chi connectivity index (χ1) is 8.02. The molecule has 104 valence electrons. The third kappa shape index (κ3) is 9.53. The molecule has 0 saturated carbocycles. The summed E-state index contributed by atoms with van der Waals surface area (Å²) in [5.41, 5.74) is 0.216. The Hall–Kier alpha value is -0.160. The predicted molar refractivity (Wildman–Crippen MR) is 70.4 cm³/mol. The van der Waals surface area contributed by atoms with E-state index in [1.165, 1.54) is 0 Å². The molecule has 4 heteroatoms. The zero-order valence-electron chi connectivity index (χ0n) is 12.0. The average Bonchev–Trinajstić information content (AvgIpc) is 2.25. The van der Waals surface area contributed by atoms with Crippen LogP contribution in [-0.2, 0) is 14.2 Å². The van der Waals surface area contributed by atoms with Crippen molar-refractivity contribution in [2.24, 2.45) is 5.41 Å². The molecule has 0 heterocycles. The number of likely N-dealkylation sites (N-methyl/N-ethyl adjacent to an activating group) is 1. The van der Waals surface area contributed by atoms with Crippen LogP contribution >= 0.6 is 0 Å². The highest BCUT2D eigenvalue weighted by Crippen LogP contribution is 2.18. The molecule has 1 unspecified atom stereocenters. The third-order valence-electron chi connectivity index (χ3n) is 2.69. The normalized spacial score (nSPS) is 13.9. The standard InChI is InChI=1S/C13H29NO3/c1-13(2,3)12(14-4)11-17-10-9-16-8-6-7-15-5/h12,14H,6-11H2,1-5H3. The van der Waals surface area contributed by atoms with Gasteiger partial charge in [0.25, 0.3) is 0 Å². The lowest BCUT2D eigenvalue weighted by Crippen LogP contribution is -2.42. The van der Waals surface area contributed by atoms with Crippen molar-refractivity contribution in [1.29, 1.82) is 0 Å². The van der Waals surface area contributed by atoms with Gasteiger partial charge in [-0.25, -0.2) is 0 Å². The van der Waals surface area contributed by atoms with E-state index in [0.717, 1.165) is 26.2 Å². The smallest absolute Gasteiger partial charge is 0.0701 e. The summed E-state index contributed by atoms with van der Waals surface area (Å²) in [6.45, 7) is 10.2. The number of hydrogen-bond acceptors (Lipinski definition) is 4. The topological polar surface area (TPSA) is 39.7 Å². The van der Waals surface area contributed by atoms with E-state index in [1.54, 1.807) is 7.11 Å². The third-order valence-corrected chi connectivity index (χ3v) is 2.69. The van der Waals surface area contributed by atoms with E-state index in [-0.39, 0.29) is 5.41 Å². The highest BCUT2D eigenvalue weighted by molar-refractivity contribution is 4.78. The Morgan fingerprint density at radius 1 is 1.00 bits per heavy atom. The molecule has 0 aliphatic heterocycles. The van der Waals surface area contributed by atoms with Crippen molar-refractivity contribution in [2.75, 3.05) is 47.2 Å². The largest absolute Gasteiger partial charge is 0.385 e. The molecule has 0 fully saturated rings. The zero-order valence-corrected chi connectivity index (χ0v) is 12.0. The Kier molecular flexibility index (Phi) is 9.74. The molecular formula is C13H29NO3. The van der Waals surface area contributed by atoms with Crippen LogP contribution in [0.15, 0.2) is 0 Å². The van der Waals surface area contributed by atoms with Crippen LogP contribution in [0.2, 0.25) is 0 Å². The highest BCUT2D eigenvalue weighted by Gasteiger charge is 2.22. The summed E-state index contributed by atoms with van der Waals surface area (Å²) >= 11 is 0. The van der Waals surface area contributed by atoms with Gasteiger partial charge in [0.1, 0.15) is 0 Å². The van der Waals surface area contributed by atoms with E-state index in [0.29, 0.717) is 19.3 Å². The van der Waals surface area contributed by atoms with E-state index >= 15 is 0 Å². The second kappa shape index (κ2) is 9.83. The van der Waals surface area contributed by atoms with Crippen LogP contribution in [0, 0.1) is 5.41 Å². The molecule has 1 atom stereocenters. The number of nitrogens with one attached hydrogen (secondary N) is 1. The van der Waals surface area contributed by atoms with Crippen molar-refractivity contribution >= 4 is 0 Å². The molecule has 0 radical (unpaired) electrons. The fourth-order valence-electron chi connectivity index (χ4n) is 1.49. The lowest BCUT2D eigenvalue weighted by molar-refractivity contribution is 0.0213. The van der Waals surface area contributed by atoms with Crippen molar-refractivity contribution in [2.45, 2.75) is 33.2 Å². The number of methoxy groups -OCH3 is 1. The second-order valence-corrected chi connectivity index (χ2v) is 5.24. The molecule has 0 aliphatic rings. The lowest BCUT2D eigenvalue weighted by Gasteiger charge is -2.30. The van der Waals surface area contributed by atoms with Crippen LogP contribution in [0.4, 0.5) is 0 Å². The van der Waals surface area contributed by atoms with Gasteiger partial charge in [-0.15, -0.1) is 0 Å². The van der Waals surface area contributed by atoms with Crippen molar-refractivity contribution in [1.82, 2.24) is 5.32 Å². The van der Waals surface area contributed by atoms with Crippen molar-refractivity contribution < 1.29 is 14.2 Å². The van der Waals surface area contributed by atoms with E-state index < -0.39 is 0 Å². The van der Waals surface area contributed by atoms with E-state index in [2.05, 4.69) is 26.1 Å². The predicted octanol–water partition coefficient (Wildman–Crippen LogP) is 1.69. The molecule has 0 aromatic rings. The maximum absolute atomic E-state index is 5.60. The molecule has 0 bridgehead atoms. The van der Waals surface area contributed by atoms with E-state index in [9.17, 15) is 0 Å². The first-order valence-electron chi connectivity index (χ1n) is 6.34. The fraction of sp³-hybridized carbons (Fsp3) is 1.00. The van der Waals surface area contributed by atoms with Crippen LogP contribution in [0.25, 0.3) is 0 Å². The Balaban J connectivity index is 3.38. The van der Waals surface area contributed by atoms with Crippen molar-refractivity contribution in [3.63, 3.8) is 0 Å². The van der Waals surface area contributed by atoms with Gasteiger partial charge in [0.2, 0.25) is 0 Å². The Bertz CT molecular complexity index is 169. The summed E-state index contributed by atoms with van der Waals surface area (Å²) in [6.07, 6.45) is 0.942. The molecule has 0 rings (SSSR count). The first-order valence-corrected chi connectivity index (χ1v) is 6.34. The molecule has 4 nitrogen and oxygen atoms in total. The van der Waals surface area contributed by atoms with Crippen LogP contribution in [0.1, 0.15) is 27.2 Å². The van der Waals surface area contributed by atoms with Gasteiger partial charge in [0.05, 0.1) is 19.8 Å². The minimum atomic E-state index is 0.216. The quantitative estimate of drug-likeness (QED) is 0.596. The molecule has 0 amide bonds. The molecule has 0 saturated heterocycles. The maximum Gasteiger partial charge on any atom is 0.0701 e.